The second kappa shape index (κ2) is 5.11. The van der Waals surface area contributed by atoms with Crippen molar-refractivity contribution in [1.82, 2.24) is 9.55 Å². The summed E-state index contributed by atoms with van der Waals surface area (Å²) in [6.45, 7) is 0.775. The molecule has 0 bridgehead atoms. The van der Waals surface area contributed by atoms with Crippen LogP contribution in [0.25, 0.3) is 11.0 Å². The Hall–Kier alpha value is -0.950. The molecular weight excluding hydrogens is 305 g/mol. The van der Waals surface area contributed by atoms with Crippen molar-refractivity contribution in [1.29, 1.82) is 0 Å². The lowest BCUT2D eigenvalue weighted by Crippen LogP contribution is -2.10. The zero-order valence-corrected chi connectivity index (χ0v) is 12.2. The molecule has 2 heterocycles. The molecule has 0 spiro atoms. The van der Waals surface area contributed by atoms with Crippen LogP contribution in [0.15, 0.2) is 18.2 Å². The fourth-order valence-corrected chi connectivity index (χ4v) is 4.06. The van der Waals surface area contributed by atoms with Crippen molar-refractivity contribution in [2.24, 2.45) is 5.92 Å². The largest absolute Gasteiger partial charge is 0.416 e. The van der Waals surface area contributed by atoms with Gasteiger partial charge in [0.1, 0.15) is 0 Å². The third-order valence-electron chi connectivity index (χ3n) is 3.57. The summed E-state index contributed by atoms with van der Waals surface area (Å²) in [5, 5.41) is 0. The van der Waals surface area contributed by atoms with Gasteiger partial charge < -0.3 is 9.55 Å². The minimum atomic E-state index is -4.33. The Balaban J connectivity index is 2.01. The molecule has 0 saturated carbocycles. The molecule has 1 unspecified atom stereocenters. The van der Waals surface area contributed by atoms with Crippen LogP contribution in [0.3, 0.4) is 0 Å². The fourth-order valence-electron chi connectivity index (χ4n) is 2.51. The summed E-state index contributed by atoms with van der Waals surface area (Å²) >= 11 is 7.16. The molecular formula is C13H13F3N2S2. The van der Waals surface area contributed by atoms with Gasteiger partial charge in [-0.2, -0.15) is 24.9 Å². The van der Waals surface area contributed by atoms with Crippen LogP contribution in [0.1, 0.15) is 12.0 Å². The number of aromatic amines is 1. The SMILES string of the molecule is FC(F)(F)c1ccc2c(c1)[nH]c(=S)n2CC1CCSC1. The second-order valence-corrected chi connectivity index (χ2v) is 6.54. The molecule has 1 aromatic carbocycles. The van der Waals surface area contributed by atoms with Gasteiger partial charge in [-0.15, -0.1) is 0 Å². The van der Waals surface area contributed by atoms with E-state index in [1.807, 2.05) is 16.3 Å². The number of fused-ring (bicyclic) bond motifs is 1. The van der Waals surface area contributed by atoms with Gasteiger partial charge in [-0.3, -0.25) is 0 Å². The molecule has 2 aromatic rings. The minimum absolute atomic E-state index is 0.454. The third kappa shape index (κ3) is 2.61. The third-order valence-corrected chi connectivity index (χ3v) is 5.12. The number of hydrogen-bond donors (Lipinski definition) is 1. The normalized spacial score (nSPS) is 19.9. The van der Waals surface area contributed by atoms with Crippen molar-refractivity contribution < 1.29 is 13.2 Å². The van der Waals surface area contributed by atoms with Gasteiger partial charge >= 0.3 is 6.18 Å². The highest BCUT2D eigenvalue weighted by atomic mass is 32.2. The maximum absolute atomic E-state index is 12.7. The molecule has 3 rings (SSSR count). The number of nitrogens with zero attached hydrogens (tertiary/aromatic N) is 1. The first-order valence-electron chi connectivity index (χ1n) is 6.32. The highest BCUT2D eigenvalue weighted by Gasteiger charge is 2.31. The summed E-state index contributed by atoms with van der Waals surface area (Å²) in [7, 11) is 0. The molecule has 1 atom stereocenters. The highest BCUT2D eigenvalue weighted by molar-refractivity contribution is 7.99. The Bertz CT molecular complexity index is 681. The zero-order valence-electron chi connectivity index (χ0n) is 10.5. The van der Waals surface area contributed by atoms with Gasteiger partial charge in [0.15, 0.2) is 4.77 Å². The average molecular weight is 318 g/mol. The van der Waals surface area contributed by atoms with Crippen LogP contribution in [0, 0.1) is 10.7 Å². The molecule has 0 amide bonds. The number of hydrogen-bond acceptors (Lipinski definition) is 2. The molecule has 0 radical (unpaired) electrons. The summed E-state index contributed by atoms with van der Waals surface area (Å²) in [4.78, 5) is 2.88. The lowest BCUT2D eigenvalue weighted by molar-refractivity contribution is -0.137. The van der Waals surface area contributed by atoms with E-state index in [-0.39, 0.29) is 0 Å². The molecule has 108 valence electrons. The maximum Gasteiger partial charge on any atom is 0.416 e. The van der Waals surface area contributed by atoms with Crippen LogP contribution in [0.2, 0.25) is 0 Å². The average Bonchev–Trinajstić information content (AvgIpc) is 2.97. The molecule has 1 fully saturated rings. The Morgan fingerprint density at radius 2 is 2.20 bits per heavy atom. The summed E-state index contributed by atoms with van der Waals surface area (Å²) in [5.41, 5.74) is 0.556. The second-order valence-electron chi connectivity index (χ2n) is 5.00. The van der Waals surface area contributed by atoms with Crippen molar-refractivity contribution in [2.75, 3.05) is 11.5 Å². The zero-order chi connectivity index (χ0) is 14.3. The predicted octanol–water partition coefficient (Wildman–Crippen LogP) is 4.47. The Kier molecular flexibility index (Phi) is 3.58. The Morgan fingerprint density at radius 3 is 2.85 bits per heavy atom. The Morgan fingerprint density at radius 1 is 1.40 bits per heavy atom. The number of alkyl halides is 3. The van der Waals surface area contributed by atoms with E-state index in [1.165, 1.54) is 6.07 Å². The summed E-state index contributed by atoms with van der Waals surface area (Å²) in [6, 6.07) is 3.75. The highest BCUT2D eigenvalue weighted by Crippen LogP contribution is 2.32. The molecule has 1 aliphatic rings. The monoisotopic (exact) mass is 318 g/mol. The smallest absolute Gasteiger partial charge is 0.331 e. The van der Waals surface area contributed by atoms with Gasteiger partial charge in [-0.05, 0) is 54.3 Å². The first kappa shape index (κ1) is 14.0. The minimum Gasteiger partial charge on any atom is -0.331 e. The molecule has 1 aromatic heterocycles. The van der Waals surface area contributed by atoms with Gasteiger partial charge in [0.25, 0.3) is 0 Å². The molecule has 1 saturated heterocycles. The van der Waals surface area contributed by atoms with E-state index in [0.717, 1.165) is 42.1 Å². The molecule has 1 aliphatic heterocycles. The number of imidazole rings is 1. The number of aromatic nitrogens is 2. The van der Waals surface area contributed by atoms with E-state index in [1.54, 1.807) is 0 Å². The van der Waals surface area contributed by atoms with Crippen LogP contribution in [-0.2, 0) is 12.7 Å². The number of nitrogens with one attached hydrogen (secondary N) is 1. The van der Waals surface area contributed by atoms with Gasteiger partial charge in [-0.25, -0.2) is 0 Å². The van der Waals surface area contributed by atoms with E-state index in [9.17, 15) is 13.2 Å². The van der Waals surface area contributed by atoms with Gasteiger partial charge in [-0.1, -0.05) is 0 Å². The van der Waals surface area contributed by atoms with Crippen molar-refractivity contribution in [3.63, 3.8) is 0 Å². The number of H-pyrrole nitrogens is 1. The Labute approximate surface area is 123 Å². The lowest BCUT2D eigenvalue weighted by atomic mass is 10.1. The maximum atomic E-state index is 12.7. The van der Waals surface area contributed by atoms with Crippen molar-refractivity contribution in [3.05, 3.63) is 28.5 Å². The topological polar surface area (TPSA) is 20.7 Å². The fraction of sp³-hybridized carbons (Fsp3) is 0.462. The van der Waals surface area contributed by atoms with Crippen LogP contribution in [0.5, 0.6) is 0 Å². The van der Waals surface area contributed by atoms with E-state index >= 15 is 0 Å². The number of rotatable bonds is 2. The van der Waals surface area contributed by atoms with Crippen LogP contribution < -0.4 is 0 Å². The van der Waals surface area contributed by atoms with Crippen molar-refractivity contribution in [3.8, 4) is 0 Å². The van der Waals surface area contributed by atoms with Crippen LogP contribution >= 0.6 is 24.0 Å². The first-order valence-corrected chi connectivity index (χ1v) is 7.89. The van der Waals surface area contributed by atoms with Crippen LogP contribution in [-0.4, -0.2) is 21.1 Å². The van der Waals surface area contributed by atoms with Crippen molar-refractivity contribution in [2.45, 2.75) is 19.1 Å². The number of halogens is 3. The molecule has 1 N–H and O–H groups in total. The molecule has 0 aliphatic carbocycles. The molecule has 2 nitrogen and oxygen atoms in total. The first-order chi connectivity index (χ1) is 9.45. The van der Waals surface area contributed by atoms with Gasteiger partial charge in [0.2, 0.25) is 0 Å². The summed E-state index contributed by atoms with van der Waals surface area (Å²) < 4.78 is 40.5. The van der Waals surface area contributed by atoms with Gasteiger partial charge in [0, 0.05) is 6.54 Å². The van der Waals surface area contributed by atoms with E-state index in [0.29, 0.717) is 16.2 Å². The number of thioether (sulfide) groups is 1. The number of benzene rings is 1. The quantitative estimate of drug-likeness (QED) is 0.825. The van der Waals surface area contributed by atoms with Crippen LogP contribution in [0.4, 0.5) is 13.2 Å². The lowest BCUT2D eigenvalue weighted by Gasteiger charge is -2.11. The summed E-state index contributed by atoms with van der Waals surface area (Å²) in [6.07, 6.45) is -3.19. The van der Waals surface area contributed by atoms with Crippen molar-refractivity contribution >= 4 is 35.0 Å². The van der Waals surface area contributed by atoms with E-state index in [2.05, 4.69) is 4.98 Å². The molecule has 20 heavy (non-hydrogen) atoms. The van der Waals surface area contributed by atoms with Gasteiger partial charge in [0.05, 0.1) is 16.6 Å². The molecule has 7 heteroatoms. The predicted molar refractivity (Wildman–Crippen MR) is 77.6 cm³/mol. The van der Waals surface area contributed by atoms with E-state index in [4.69, 9.17) is 12.2 Å². The standard InChI is InChI=1S/C13H13F3N2S2/c14-13(15,16)9-1-2-11-10(5-9)17-12(19)18(11)6-8-3-4-20-7-8/h1-2,5,8H,3-4,6-7H2,(H,17,19). The summed E-state index contributed by atoms with van der Waals surface area (Å²) in [5.74, 6) is 2.79. The van der Waals surface area contributed by atoms with E-state index < -0.39 is 11.7 Å².